The van der Waals surface area contributed by atoms with E-state index in [0.29, 0.717) is 18.4 Å². The molecule has 0 radical (unpaired) electrons. The lowest BCUT2D eigenvalue weighted by Crippen LogP contribution is -2.43. The second-order valence-corrected chi connectivity index (χ2v) is 6.42. The van der Waals surface area contributed by atoms with Crippen LogP contribution in [0.3, 0.4) is 0 Å². The first-order valence-electron chi connectivity index (χ1n) is 7.35. The van der Waals surface area contributed by atoms with Gasteiger partial charge in [-0.3, -0.25) is 4.90 Å². The van der Waals surface area contributed by atoms with Crippen molar-refractivity contribution in [2.75, 3.05) is 19.7 Å². The molecule has 0 spiro atoms. The van der Waals surface area contributed by atoms with Crippen LogP contribution in [0.5, 0.6) is 5.88 Å². The van der Waals surface area contributed by atoms with Crippen LogP contribution in [-0.2, 0) is 0 Å². The van der Waals surface area contributed by atoms with Crippen molar-refractivity contribution in [3.63, 3.8) is 0 Å². The van der Waals surface area contributed by atoms with Crippen LogP contribution < -0.4 is 4.74 Å². The number of unbranched alkanes of at least 4 members (excludes halogenated alkanes) is 1. The molecule has 6 heteroatoms. The lowest BCUT2D eigenvalue weighted by Gasteiger charge is -2.39. The summed E-state index contributed by atoms with van der Waals surface area (Å²) in [7, 11) is 0. The van der Waals surface area contributed by atoms with Gasteiger partial charge in [0.2, 0.25) is 0 Å². The minimum absolute atomic E-state index is 0.0935. The van der Waals surface area contributed by atoms with Crippen molar-refractivity contribution in [3.8, 4) is 5.88 Å². The summed E-state index contributed by atoms with van der Waals surface area (Å²) in [5, 5.41) is 0. The van der Waals surface area contributed by atoms with Crippen LogP contribution in [0.4, 0.5) is 0 Å². The highest BCUT2D eigenvalue weighted by molar-refractivity contribution is 6.99. The zero-order valence-electron chi connectivity index (χ0n) is 11.7. The van der Waals surface area contributed by atoms with E-state index in [1.54, 1.807) is 0 Å². The van der Waals surface area contributed by atoms with Crippen LogP contribution in [0.25, 0.3) is 5.57 Å². The smallest absolute Gasteiger partial charge is 0.253 e. The minimum Gasteiger partial charge on any atom is -0.475 e. The maximum Gasteiger partial charge on any atom is 0.253 e. The molecule has 1 fully saturated rings. The van der Waals surface area contributed by atoms with Crippen molar-refractivity contribution in [1.82, 2.24) is 13.6 Å². The Hall–Kier alpha value is -0.650. The Bertz CT molecular complexity index is 491. The maximum absolute atomic E-state index is 6.61. The van der Waals surface area contributed by atoms with Crippen molar-refractivity contribution < 1.29 is 4.74 Å². The molecule has 0 saturated carbocycles. The van der Waals surface area contributed by atoms with Crippen LogP contribution in [-0.4, -0.2) is 38.8 Å². The van der Waals surface area contributed by atoms with E-state index in [9.17, 15) is 0 Å². The van der Waals surface area contributed by atoms with Gasteiger partial charge in [-0.25, -0.2) is 0 Å². The average Bonchev–Trinajstić information content (AvgIpc) is 2.92. The fourth-order valence-corrected chi connectivity index (χ4v) is 3.74. The lowest BCUT2D eigenvalue weighted by atomic mass is 9.90. The van der Waals surface area contributed by atoms with Crippen molar-refractivity contribution >= 4 is 28.9 Å². The van der Waals surface area contributed by atoms with Gasteiger partial charge in [-0.15, -0.1) is 16.0 Å². The van der Waals surface area contributed by atoms with Crippen molar-refractivity contribution in [1.29, 1.82) is 0 Å². The topological polar surface area (TPSA) is 38.3 Å². The monoisotopic (exact) mass is 313 g/mol. The number of ether oxygens (including phenoxy) is 1. The molecule has 3 unspecified atom stereocenters. The maximum atomic E-state index is 6.61. The molecule has 3 atom stereocenters. The quantitative estimate of drug-likeness (QED) is 0.474. The Labute approximate surface area is 129 Å². The first kappa shape index (κ1) is 14.3. The fraction of sp³-hybridized carbons (Fsp3) is 0.714. The summed E-state index contributed by atoms with van der Waals surface area (Å²) in [6.45, 7) is 4.99. The third-order valence-corrected chi connectivity index (χ3v) is 4.97. The van der Waals surface area contributed by atoms with Gasteiger partial charge in [-0.1, -0.05) is 19.4 Å². The Kier molecular flexibility index (Phi) is 4.58. The number of hydrogen-bond acceptors (Lipinski definition) is 5. The molecule has 1 aromatic rings. The molecule has 3 heterocycles. The van der Waals surface area contributed by atoms with Gasteiger partial charge in [-0.05, 0) is 31.7 Å². The minimum atomic E-state index is -0.0935. The van der Waals surface area contributed by atoms with Gasteiger partial charge < -0.3 is 4.74 Å². The van der Waals surface area contributed by atoms with Gasteiger partial charge in [0.05, 0.1) is 18.3 Å². The molecule has 20 heavy (non-hydrogen) atoms. The largest absolute Gasteiger partial charge is 0.475 e. The fourth-order valence-electron chi connectivity index (χ4n) is 2.87. The molecule has 1 aromatic heterocycles. The van der Waals surface area contributed by atoms with Crippen molar-refractivity contribution in [3.05, 3.63) is 11.8 Å². The van der Waals surface area contributed by atoms with Gasteiger partial charge >= 0.3 is 0 Å². The molecule has 0 aliphatic carbocycles. The van der Waals surface area contributed by atoms with E-state index in [1.807, 2.05) is 0 Å². The van der Waals surface area contributed by atoms with E-state index in [4.69, 9.17) is 16.3 Å². The van der Waals surface area contributed by atoms with Gasteiger partial charge in [0.1, 0.15) is 11.2 Å². The SMILES string of the molecule is CCCCOc1nsnc1C1=CC2CCCN(C2)C1Cl. The first-order valence-corrected chi connectivity index (χ1v) is 8.52. The Morgan fingerprint density at radius 2 is 2.40 bits per heavy atom. The number of rotatable bonds is 5. The number of fused-ring (bicyclic) bond motifs is 2. The number of hydrogen-bond donors (Lipinski definition) is 0. The van der Waals surface area contributed by atoms with E-state index in [-0.39, 0.29) is 5.50 Å². The van der Waals surface area contributed by atoms with Crippen LogP contribution >= 0.6 is 23.3 Å². The second-order valence-electron chi connectivity index (χ2n) is 5.48. The first-order chi connectivity index (χ1) is 9.79. The number of alkyl halides is 1. The highest BCUT2D eigenvalue weighted by Gasteiger charge is 2.34. The summed E-state index contributed by atoms with van der Waals surface area (Å²) >= 11 is 7.82. The standard InChI is InChI=1S/C14H20ClN3OS/c1-2-3-7-19-14-12(16-20-17-14)11-8-10-5-4-6-18(9-10)13(11)15/h8,10,13H,2-7,9H2,1H3. The molecule has 110 valence electrons. The van der Waals surface area contributed by atoms with Crippen LogP contribution in [0, 0.1) is 5.92 Å². The molecule has 0 amide bonds. The average molecular weight is 314 g/mol. The van der Waals surface area contributed by atoms with Crippen LogP contribution in [0.2, 0.25) is 0 Å². The third-order valence-electron chi connectivity index (χ3n) is 3.95. The molecule has 2 bridgehead atoms. The molecular formula is C14H20ClN3OS. The van der Waals surface area contributed by atoms with Gasteiger partial charge in [-0.2, -0.15) is 4.37 Å². The van der Waals surface area contributed by atoms with Gasteiger partial charge in [0.15, 0.2) is 0 Å². The van der Waals surface area contributed by atoms with E-state index in [1.165, 1.54) is 24.6 Å². The molecule has 2 aliphatic rings. The highest BCUT2D eigenvalue weighted by atomic mass is 35.5. The van der Waals surface area contributed by atoms with E-state index in [0.717, 1.165) is 37.2 Å². The molecule has 3 rings (SSSR count). The Morgan fingerprint density at radius 1 is 1.50 bits per heavy atom. The summed E-state index contributed by atoms with van der Waals surface area (Å²) < 4.78 is 14.5. The summed E-state index contributed by atoms with van der Waals surface area (Å²) in [6.07, 6.45) is 6.91. The van der Waals surface area contributed by atoms with Gasteiger partial charge in [0, 0.05) is 12.1 Å². The molecule has 4 nitrogen and oxygen atoms in total. The van der Waals surface area contributed by atoms with Crippen molar-refractivity contribution in [2.24, 2.45) is 5.92 Å². The zero-order chi connectivity index (χ0) is 13.9. The summed E-state index contributed by atoms with van der Waals surface area (Å²) in [4.78, 5) is 2.33. The Morgan fingerprint density at radius 3 is 3.25 bits per heavy atom. The molecule has 0 aromatic carbocycles. The molecule has 2 aliphatic heterocycles. The predicted octanol–water partition coefficient (Wildman–Crippen LogP) is 3.39. The van der Waals surface area contributed by atoms with E-state index >= 15 is 0 Å². The highest BCUT2D eigenvalue weighted by Crippen LogP contribution is 2.38. The number of aromatic nitrogens is 2. The predicted molar refractivity (Wildman–Crippen MR) is 82.2 cm³/mol. The lowest BCUT2D eigenvalue weighted by molar-refractivity contribution is 0.190. The Balaban J connectivity index is 1.81. The summed E-state index contributed by atoms with van der Waals surface area (Å²) in [5.41, 5.74) is 1.84. The molecule has 1 saturated heterocycles. The van der Waals surface area contributed by atoms with E-state index < -0.39 is 0 Å². The number of piperidine rings is 1. The normalized spacial score (nSPS) is 29.1. The summed E-state index contributed by atoms with van der Waals surface area (Å²) in [5.74, 6) is 1.25. The van der Waals surface area contributed by atoms with E-state index in [2.05, 4.69) is 26.6 Å². The van der Waals surface area contributed by atoms with Gasteiger partial charge in [0.25, 0.3) is 5.88 Å². The summed E-state index contributed by atoms with van der Waals surface area (Å²) in [6, 6.07) is 0. The van der Waals surface area contributed by atoms with Crippen molar-refractivity contribution in [2.45, 2.75) is 38.1 Å². The molecule has 0 N–H and O–H groups in total. The second kappa shape index (κ2) is 6.41. The number of nitrogens with zero attached hydrogens (tertiary/aromatic N) is 3. The zero-order valence-corrected chi connectivity index (χ0v) is 13.3. The number of halogens is 1. The van der Waals surface area contributed by atoms with Crippen LogP contribution in [0.15, 0.2) is 6.08 Å². The third kappa shape index (κ3) is 2.85. The molecular weight excluding hydrogens is 294 g/mol. The van der Waals surface area contributed by atoms with Crippen LogP contribution in [0.1, 0.15) is 38.3 Å².